The van der Waals surface area contributed by atoms with Crippen LogP contribution in [0.4, 0.5) is 0 Å². The molecule has 1 heteroatoms. The molecule has 1 aromatic carbocycles. The molecule has 0 radical (unpaired) electrons. The average molecular weight is 329 g/mol. The number of hydrogen-bond acceptors (Lipinski definition) is 0. The fourth-order valence-corrected chi connectivity index (χ4v) is 5.49. The molecule has 2 fully saturated rings. The highest BCUT2D eigenvalue weighted by molar-refractivity contribution is 6.08. The molecule has 0 atom stereocenters. The first-order valence-electron chi connectivity index (χ1n) is 10.3. The zero-order valence-corrected chi connectivity index (χ0v) is 17.4. The van der Waals surface area contributed by atoms with Gasteiger partial charge in [0.05, 0.1) is 0 Å². The molecule has 0 nitrogen and oxygen atoms in total. The van der Waals surface area contributed by atoms with Gasteiger partial charge >= 0.3 is 0 Å². The molecule has 0 aromatic heterocycles. The molecule has 0 spiro atoms. The standard InChI is InChI=1S/C22H36Si/c1-17-2-12-21(13-3-17)22-14-10-19(11-15-22)5-4-18-6-8-20(16-23)9-7-18/h6-9,17,19,21-22H,2-5,10-16H2,1,23H3. The summed E-state index contributed by atoms with van der Waals surface area (Å²) in [5.74, 6) is 4.17. The number of benzene rings is 1. The summed E-state index contributed by atoms with van der Waals surface area (Å²) in [7, 11) is 1.28. The summed E-state index contributed by atoms with van der Waals surface area (Å²) in [5, 5.41) is 0. The predicted octanol–water partition coefficient (Wildman–Crippen LogP) is 5.12. The Morgan fingerprint density at radius 2 is 1.30 bits per heavy atom. The molecule has 2 aliphatic rings. The van der Waals surface area contributed by atoms with Gasteiger partial charge in [-0.1, -0.05) is 62.4 Å². The van der Waals surface area contributed by atoms with Crippen LogP contribution in [0.15, 0.2) is 24.3 Å². The van der Waals surface area contributed by atoms with Crippen molar-refractivity contribution in [2.24, 2.45) is 23.7 Å². The van der Waals surface area contributed by atoms with Crippen LogP contribution in [-0.4, -0.2) is 10.2 Å². The van der Waals surface area contributed by atoms with E-state index >= 15 is 0 Å². The van der Waals surface area contributed by atoms with Crippen molar-refractivity contribution in [3.8, 4) is 0 Å². The first-order valence-corrected chi connectivity index (χ1v) is 11.7. The van der Waals surface area contributed by atoms with E-state index in [4.69, 9.17) is 0 Å². The minimum absolute atomic E-state index is 1.00. The van der Waals surface area contributed by atoms with Gasteiger partial charge in [-0.3, -0.25) is 0 Å². The Bertz CT molecular complexity index is 447. The lowest BCUT2D eigenvalue weighted by molar-refractivity contribution is 0.148. The number of rotatable bonds is 5. The molecule has 2 aliphatic carbocycles. The van der Waals surface area contributed by atoms with E-state index in [2.05, 4.69) is 31.2 Å². The van der Waals surface area contributed by atoms with E-state index in [1.807, 2.05) is 0 Å². The van der Waals surface area contributed by atoms with E-state index in [0.717, 1.165) is 23.7 Å². The maximum absolute atomic E-state index is 2.45. The Labute approximate surface area is 146 Å². The fourth-order valence-electron chi connectivity index (χ4n) is 5.02. The maximum atomic E-state index is 2.45. The quantitative estimate of drug-likeness (QED) is 0.658. The highest BCUT2D eigenvalue weighted by atomic mass is 28.1. The van der Waals surface area contributed by atoms with E-state index < -0.39 is 0 Å². The summed E-state index contributed by atoms with van der Waals surface area (Å²) >= 11 is 0. The molecule has 0 unspecified atom stereocenters. The summed E-state index contributed by atoms with van der Waals surface area (Å²) in [6.07, 6.45) is 14.9. The zero-order chi connectivity index (χ0) is 16.1. The predicted molar refractivity (Wildman–Crippen MR) is 105 cm³/mol. The third kappa shape index (κ3) is 4.95. The van der Waals surface area contributed by atoms with Crippen LogP contribution >= 0.6 is 0 Å². The highest BCUT2D eigenvalue weighted by Gasteiger charge is 2.29. The first kappa shape index (κ1) is 17.3. The number of aryl methyl sites for hydroxylation is 1. The average Bonchev–Trinajstić information content (AvgIpc) is 2.61. The Kier molecular flexibility index (Phi) is 6.39. The van der Waals surface area contributed by atoms with Crippen LogP contribution in [0.1, 0.15) is 75.8 Å². The molecule has 0 heterocycles. The largest absolute Gasteiger partial charge is 0.0625 e. The Balaban J connectivity index is 1.38. The Morgan fingerprint density at radius 1 is 0.783 bits per heavy atom. The summed E-state index contributed by atoms with van der Waals surface area (Å²) in [6.45, 7) is 2.45. The molecule has 1 aromatic rings. The molecule has 128 valence electrons. The molecule has 0 aliphatic heterocycles. The Hall–Kier alpha value is -0.563. The van der Waals surface area contributed by atoms with Crippen LogP contribution < -0.4 is 0 Å². The minimum Gasteiger partial charge on any atom is -0.0625 e. The molecular formula is C22H36Si. The molecule has 0 bridgehead atoms. The van der Waals surface area contributed by atoms with Crippen molar-refractivity contribution in [2.75, 3.05) is 0 Å². The van der Waals surface area contributed by atoms with Crippen LogP contribution in [0.3, 0.4) is 0 Å². The lowest BCUT2D eigenvalue weighted by atomic mass is 9.69. The Morgan fingerprint density at radius 3 is 1.87 bits per heavy atom. The van der Waals surface area contributed by atoms with Crippen molar-refractivity contribution in [3.63, 3.8) is 0 Å². The van der Waals surface area contributed by atoms with Gasteiger partial charge in [-0.25, -0.2) is 0 Å². The van der Waals surface area contributed by atoms with Crippen molar-refractivity contribution in [1.29, 1.82) is 0 Å². The van der Waals surface area contributed by atoms with Gasteiger partial charge in [0.25, 0.3) is 0 Å². The van der Waals surface area contributed by atoms with E-state index in [1.165, 1.54) is 86.1 Å². The molecule has 0 amide bonds. The van der Waals surface area contributed by atoms with Crippen LogP contribution in [0.5, 0.6) is 0 Å². The van der Waals surface area contributed by atoms with Crippen molar-refractivity contribution < 1.29 is 0 Å². The summed E-state index contributed by atoms with van der Waals surface area (Å²) < 4.78 is 0. The third-order valence-electron chi connectivity index (χ3n) is 6.89. The zero-order valence-electron chi connectivity index (χ0n) is 15.4. The van der Waals surface area contributed by atoms with Crippen molar-refractivity contribution in [2.45, 2.75) is 77.2 Å². The monoisotopic (exact) mass is 328 g/mol. The maximum Gasteiger partial charge on any atom is 0.00833 e. The first-order chi connectivity index (χ1) is 11.2. The summed E-state index contributed by atoms with van der Waals surface area (Å²) in [5.41, 5.74) is 3.09. The lowest BCUT2D eigenvalue weighted by Gasteiger charge is -2.37. The van der Waals surface area contributed by atoms with Gasteiger partial charge in [0, 0.05) is 10.2 Å². The van der Waals surface area contributed by atoms with E-state index in [-0.39, 0.29) is 0 Å². The van der Waals surface area contributed by atoms with Crippen LogP contribution in [-0.2, 0) is 12.5 Å². The van der Waals surface area contributed by atoms with E-state index in [0.29, 0.717) is 0 Å². The smallest absolute Gasteiger partial charge is 0.00833 e. The number of hydrogen-bond donors (Lipinski definition) is 0. The van der Waals surface area contributed by atoms with Crippen molar-refractivity contribution in [1.82, 2.24) is 0 Å². The van der Waals surface area contributed by atoms with Crippen LogP contribution in [0.25, 0.3) is 0 Å². The van der Waals surface area contributed by atoms with Crippen LogP contribution in [0, 0.1) is 23.7 Å². The topological polar surface area (TPSA) is 0 Å². The second-order valence-electron chi connectivity index (χ2n) is 8.51. The van der Waals surface area contributed by atoms with Gasteiger partial charge in [-0.15, -0.1) is 0 Å². The molecule has 23 heavy (non-hydrogen) atoms. The van der Waals surface area contributed by atoms with Gasteiger partial charge in [-0.05, 0) is 73.8 Å². The second kappa shape index (κ2) is 8.51. The van der Waals surface area contributed by atoms with E-state index in [1.54, 1.807) is 5.56 Å². The van der Waals surface area contributed by atoms with Crippen molar-refractivity contribution in [3.05, 3.63) is 35.4 Å². The van der Waals surface area contributed by atoms with Gasteiger partial charge in [-0.2, -0.15) is 0 Å². The van der Waals surface area contributed by atoms with Crippen LogP contribution in [0.2, 0.25) is 0 Å². The molecule has 3 rings (SSSR count). The van der Waals surface area contributed by atoms with Gasteiger partial charge in [0.2, 0.25) is 0 Å². The van der Waals surface area contributed by atoms with Gasteiger partial charge in [0.15, 0.2) is 0 Å². The third-order valence-corrected chi connectivity index (χ3v) is 7.71. The highest BCUT2D eigenvalue weighted by Crippen LogP contribution is 2.42. The van der Waals surface area contributed by atoms with Crippen molar-refractivity contribution >= 4 is 10.2 Å². The minimum atomic E-state index is 1.00. The normalized spacial score (nSPS) is 32.0. The summed E-state index contributed by atoms with van der Waals surface area (Å²) in [4.78, 5) is 0. The lowest BCUT2D eigenvalue weighted by Crippen LogP contribution is -2.25. The molecular weight excluding hydrogens is 292 g/mol. The fraction of sp³-hybridized carbons (Fsp3) is 0.727. The summed E-state index contributed by atoms with van der Waals surface area (Å²) in [6, 6.07) is 10.8. The molecule has 0 N–H and O–H groups in total. The molecule has 2 saturated carbocycles. The SMILES string of the molecule is CC1CCC(C2CCC(CCc3ccc(C[SiH3])cc3)CC2)CC1. The van der Waals surface area contributed by atoms with Gasteiger partial charge < -0.3 is 0 Å². The second-order valence-corrected chi connectivity index (χ2v) is 9.22. The van der Waals surface area contributed by atoms with E-state index in [9.17, 15) is 0 Å². The van der Waals surface area contributed by atoms with Gasteiger partial charge in [0.1, 0.15) is 0 Å². The molecule has 0 saturated heterocycles.